The van der Waals surface area contributed by atoms with Gasteiger partial charge in [-0.1, -0.05) is 70.9 Å². The summed E-state index contributed by atoms with van der Waals surface area (Å²) >= 11 is 0. The Morgan fingerprint density at radius 3 is 2.00 bits per heavy atom. The second-order valence-electron chi connectivity index (χ2n) is 4.99. The van der Waals surface area contributed by atoms with Crippen LogP contribution in [0.15, 0.2) is 30.3 Å². The minimum absolute atomic E-state index is 0.557. The summed E-state index contributed by atoms with van der Waals surface area (Å²) in [6.45, 7) is 8.85. The van der Waals surface area contributed by atoms with Crippen LogP contribution in [0, 0.1) is 5.41 Å². The summed E-state index contributed by atoms with van der Waals surface area (Å²) in [7, 11) is 0. The number of hydrogen-bond donors (Lipinski definition) is 0. The maximum absolute atomic E-state index is 2.46. The molecule has 90 valence electrons. The van der Waals surface area contributed by atoms with Crippen molar-refractivity contribution in [1.29, 1.82) is 0 Å². The monoisotopic (exact) mass is 218 g/mol. The Balaban J connectivity index is 0.000000606. The Morgan fingerprint density at radius 1 is 1.00 bits per heavy atom. The third-order valence-electron chi connectivity index (χ3n) is 4.09. The smallest absolute Gasteiger partial charge is 0.0136 e. The molecule has 1 fully saturated rings. The van der Waals surface area contributed by atoms with Crippen LogP contribution < -0.4 is 0 Å². The van der Waals surface area contributed by atoms with Crippen LogP contribution in [0.25, 0.3) is 0 Å². The Bertz CT molecular complexity index is 280. The molecule has 0 saturated heterocycles. The molecular formula is C16H26. The van der Waals surface area contributed by atoms with Gasteiger partial charge in [0.1, 0.15) is 0 Å². The maximum Gasteiger partial charge on any atom is -0.0136 e. The Kier molecular flexibility index (Phi) is 5.05. The molecule has 0 nitrogen and oxygen atoms in total. The van der Waals surface area contributed by atoms with Gasteiger partial charge in [-0.25, -0.2) is 0 Å². The van der Waals surface area contributed by atoms with Gasteiger partial charge in [0.25, 0.3) is 0 Å². The van der Waals surface area contributed by atoms with Gasteiger partial charge in [0, 0.05) is 0 Å². The first-order valence-corrected chi connectivity index (χ1v) is 6.77. The third kappa shape index (κ3) is 2.87. The Labute approximate surface area is 101 Å². The van der Waals surface area contributed by atoms with Crippen LogP contribution in [0.4, 0.5) is 0 Å². The molecule has 0 bridgehead atoms. The molecule has 0 heterocycles. The first-order chi connectivity index (χ1) is 7.72. The molecule has 1 saturated carbocycles. The van der Waals surface area contributed by atoms with Crippen molar-refractivity contribution in [3.05, 3.63) is 35.9 Å². The van der Waals surface area contributed by atoms with Gasteiger partial charge in [-0.05, 0) is 29.7 Å². The summed E-state index contributed by atoms with van der Waals surface area (Å²) in [6.07, 6.45) is 5.66. The summed E-state index contributed by atoms with van der Waals surface area (Å²) < 4.78 is 0. The van der Waals surface area contributed by atoms with Crippen LogP contribution in [0.1, 0.15) is 64.9 Å². The van der Waals surface area contributed by atoms with E-state index in [9.17, 15) is 0 Å². The van der Waals surface area contributed by atoms with E-state index in [2.05, 4.69) is 44.2 Å². The molecule has 0 radical (unpaired) electrons. The molecule has 0 N–H and O–H groups in total. The standard InChI is InChI=1S/C14H20.C2H6/c1-12(13-8-4-3-5-9-13)14(2)10-6-7-11-14;1-2/h3-5,8-9,12H,6-7,10-11H2,1-2H3;1-2H3. The first kappa shape index (κ1) is 13.3. The summed E-state index contributed by atoms with van der Waals surface area (Å²) in [5.74, 6) is 0.714. The summed E-state index contributed by atoms with van der Waals surface area (Å²) in [6, 6.07) is 11.0. The van der Waals surface area contributed by atoms with Crippen LogP contribution >= 0.6 is 0 Å². The van der Waals surface area contributed by atoms with E-state index in [1.165, 1.54) is 31.2 Å². The molecule has 1 aliphatic rings. The molecular weight excluding hydrogens is 192 g/mol. The van der Waals surface area contributed by atoms with Gasteiger partial charge in [0.05, 0.1) is 0 Å². The number of benzene rings is 1. The average Bonchev–Trinajstić information content (AvgIpc) is 2.80. The minimum Gasteiger partial charge on any atom is -0.0683 e. The molecule has 0 spiro atoms. The van der Waals surface area contributed by atoms with Crippen LogP contribution in [0.3, 0.4) is 0 Å². The van der Waals surface area contributed by atoms with Gasteiger partial charge in [0.2, 0.25) is 0 Å². The highest BCUT2D eigenvalue weighted by Gasteiger charge is 2.34. The average molecular weight is 218 g/mol. The van der Waals surface area contributed by atoms with Crippen molar-refractivity contribution in [3.8, 4) is 0 Å². The van der Waals surface area contributed by atoms with Gasteiger partial charge >= 0.3 is 0 Å². The fourth-order valence-corrected chi connectivity index (χ4v) is 2.76. The van der Waals surface area contributed by atoms with E-state index >= 15 is 0 Å². The number of rotatable bonds is 2. The van der Waals surface area contributed by atoms with Crippen molar-refractivity contribution < 1.29 is 0 Å². The van der Waals surface area contributed by atoms with Gasteiger partial charge in [0.15, 0.2) is 0 Å². The fourth-order valence-electron chi connectivity index (χ4n) is 2.76. The van der Waals surface area contributed by atoms with E-state index in [0.29, 0.717) is 11.3 Å². The van der Waals surface area contributed by atoms with Crippen LogP contribution in [0.5, 0.6) is 0 Å². The lowest BCUT2D eigenvalue weighted by Crippen LogP contribution is -2.19. The second kappa shape index (κ2) is 6.08. The second-order valence-corrected chi connectivity index (χ2v) is 4.99. The highest BCUT2D eigenvalue weighted by Crippen LogP contribution is 2.48. The highest BCUT2D eigenvalue weighted by atomic mass is 14.4. The van der Waals surface area contributed by atoms with Crippen LogP contribution in [-0.4, -0.2) is 0 Å². The van der Waals surface area contributed by atoms with E-state index in [1.807, 2.05) is 13.8 Å². The van der Waals surface area contributed by atoms with E-state index in [-0.39, 0.29) is 0 Å². The summed E-state index contributed by atoms with van der Waals surface area (Å²) in [4.78, 5) is 0. The van der Waals surface area contributed by atoms with Crippen LogP contribution in [0.2, 0.25) is 0 Å². The molecule has 1 aromatic carbocycles. The lowest BCUT2D eigenvalue weighted by molar-refractivity contribution is 0.276. The summed E-state index contributed by atoms with van der Waals surface area (Å²) in [5.41, 5.74) is 2.07. The number of hydrogen-bond acceptors (Lipinski definition) is 0. The van der Waals surface area contributed by atoms with E-state index < -0.39 is 0 Å². The molecule has 1 unspecified atom stereocenters. The Hall–Kier alpha value is -0.780. The zero-order valence-electron chi connectivity index (χ0n) is 11.3. The van der Waals surface area contributed by atoms with Crippen molar-refractivity contribution in [2.45, 2.75) is 59.3 Å². The zero-order valence-corrected chi connectivity index (χ0v) is 11.3. The van der Waals surface area contributed by atoms with Crippen molar-refractivity contribution in [2.75, 3.05) is 0 Å². The predicted molar refractivity (Wildman–Crippen MR) is 72.8 cm³/mol. The first-order valence-electron chi connectivity index (χ1n) is 6.77. The van der Waals surface area contributed by atoms with Crippen molar-refractivity contribution >= 4 is 0 Å². The largest absolute Gasteiger partial charge is 0.0683 e. The van der Waals surface area contributed by atoms with Gasteiger partial charge in [-0.2, -0.15) is 0 Å². The normalized spacial score (nSPS) is 19.8. The van der Waals surface area contributed by atoms with E-state index in [4.69, 9.17) is 0 Å². The molecule has 1 atom stereocenters. The van der Waals surface area contributed by atoms with E-state index in [1.54, 1.807) is 0 Å². The predicted octanol–water partition coefficient (Wildman–Crippen LogP) is 5.40. The van der Waals surface area contributed by atoms with Gasteiger partial charge < -0.3 is 0 Å². The lowest BCUT2D eigenvalue weighted by Gasteiger charge is -2.31. The molecule has 0 amide bonds. The molecule has 1 aromatic rings. The van der Waals surface area contributed by atoms with Crippen molar-refractivity contribution in [1.82, 2.24) is 0 Å². The molecule has 0 aliphatic heterocycles. The lowest BCUT2D eigenvalue weighted by atomic mass is 9.73. The topological polar surface area (TPSA) is 0 Å². The van der Waals surface area contributed by atoms with Crippen molar-refractivity contribution in [2.24, 2.45) is 5.41 Å². The van der Waals surface area contributed by atoms with E-state index in [0.717, 1.165) is 0 Å². The third-order valence-corrected chi connectivity index (χ3v) is 4.09. The van der Waals surface area contributed by atoms with Gasteiger partial charge in [-0.15, -0.1) is 0 Å². The quantitative estimate of drug-likeness (QED) is 0.623. The zero-order chi connectivity index (χ0) is 12.0. The molecule has 2 rings (SSSR count). The highest BCUT2D eigenvalue weighted by molar-refractivity contribution is 5.21. The summed E-state index contributed by atoms with van der Waals surface area (Å²) in [5, 5.41) is 0. The Morgan fingerprint density at radius 2 is 1.50 bits per heavy atom. The maximum atomic E-state index is 2.46. The SMILES string of the molecule is CC.CC(c1ccccc1)C1(C)CCCC1. The molecule has 1 aliphatic carbocycles. The fraction of sp³-hybridized carbons (Fsp3) is 0.625. The minimum atomic E-state index is 0.557. The molecule has 16 heavy (non-hydrogen) atoms. The van der Waals surface area contributed by atoms with Gasteiger partial charge in [-0.3, -0.25) is 0 Å². The van der Waals surface area contributed by atoms with Crippen molar-refractivity contribution in [3.63, 3.8) is 0 Å². The molecule has 0 heteroatoms. The van der Waals surface area contributed by atoms with Crippen LogP contribution in [-0.2, 0) is 0 Å². The molecule has 0 aromatic heterocycles.